The van der Waals surface area contributed by atoms with E-state index in [-0.39, 0.29) is 16.8 Å². The molecule has 17 heavy (non-hydrogen) atoms. The molecule has 8 nitrogen and oxygen atoms in total. The van der Waals surface area contributed by atoms with Crippen LogP contribution in [0.2, 0.25) is 0 Å². The predicted molar refractivity (Wildman–Crippen MR) is 58.5 cm³/mol. The van der Waals surface area contributed by atoms with Crippen LogP contribution in [0, 0.1) is 6.92 Å². The number of nitrogens with two attached hydrogens (primary N) is 1. The van der Waals surface area contributed by atoms with Gasteiger partial charge in [-0.3, -0.25) is 4.79 Å². The van der Waals surface area contributed by atoms with Crippen molar-refractivity contribution >= 4 is 10.0 Å². The maximum absolute atomic E-state index is 11.6. The number of pyridine rings is 1. The predicted octanol–water partition coefficient (Wildman–Crippen LogP) is -0.884. The van der Waals surface area contributed by atoms with Crippen molar-refractivity contribution in [1.82, 2.24) is 20.2 Å². The van der Waals surface area contributed by atoms with E-state index in [4.69, 9.17) is 5.14 Å². The van der Waals surface area contributed by atoms with Crippen molar-refractivity contribution in [2.24, 2.45) is 5.14 Å². The SMILES string of the molecule is Cc1cc(=O)c(-c2n[nH]c(S(N)(=O)=O)n2)c[nH]1. The Labute approximate surface area is 96.0 Å². The molecule has 0 amide bonds. The van der Waals surface area contributed by atoms with Crippen molar-refractivity contribution < 1.29 is 8.42 Å². The van der Waals surface area contributed by atoms with Crippen LogP contribution in [0.5, 0.6) is 0 Å². The summed E-state index contributed by atoms with van der Waals surface area (Å²) in [5, 5.41) is 10.2. The average Bonchev–Trinajstić information content (AvgIpc) is 2.65. The molecular weight excluding hydrogens is 246 g/mol. The third-order valence-electron chi connectivity index (χ3n) is 2.03. The van der Waals surface area contributed by atoms with Gasteiger partial charge >= 0.3 is 0 Å². The number of hydrogen-bond donors (Lipinski definition) is 3. The van der Waals surface area contributed by atoms with E-state index in [0.29, 0.717) is 5.69 Å². The van der Waals surface area contributed by atoms with E-state index in [1.54, 1.807) is 6.92 Å². The molecule has 0 saturated heterocycles. The summed E-state index contributed by atoms with van der Waals surface area (Å²) in [4.78, 5) is 18.1. The van der Waals surface area contributed by atoms with Crippen LogP contribution < -0.4 is 10.6 Å². The van der Waals surface area contributed by atoms with Crippen LogP contribution in [0.3, 0.4) is 0 Å². The third-order valence-corrected chi connectivity index (χ3v) is 2.75. The summed E-state index contributed by atoms with van der Waals surface area (Å²) in [7, 11) is -3.95. The first kappa shape index (κ1) is 11.5. The molecule has 9 heteroatoms. The van der Waals surface area contributed by atoms with Gasteiger partial charge in [0.1, 0.15) is 0 Å². The summed E-state index contributed by atoms with van der Waals surface area (Å²) in [6.45, 7) is 1.72. The van der Waals surface area contributed by atoms with Crippen LogP contribution in [-0.2, 0) is 10.0 Å². The third kappa shape index (κ3) is 2.24. The Hall–Kier alpha value is -2.00. The maximum atomic E-state index is 11.6. The first-order chi connectivity index (χ1) is 7.88. The minimum absolute atomic E-state index is 0.0183. The highest BCUT2D eigenvalue weighted by molar-refractivity contribution is 7.89. The molecule has 90 valence electrons. The van der Waals surface area contributed by atoms with E-state index < -0.39 is 15.2 Å². The van der Waals surface area contributed by atoms with Crippen LogP contribution in [0.25, 0.3) is 11.4 Å². The molecule has 0 spiro atoms. The highest BCUT2D eigenvalue weighted by atomic mass is 32.2. The van der Waals surface area contributed by atoms with E-state index in [1.165, 1.54) is 12.3 Å². The van der Waals surface area contributed by atoms with E-state index in [2.05, 4.69) is 20.2 Å². The van der Waals surface area contributed by atoms with Gasteiger partial charge in [-0.15, -0.1) is 0 Å². The smallest absolute Gasteiger partial charge is 0.273 e. The summed E-state index contributed by atoms with van der Waals surface area (Å²) in [5.74, 6) is -0.0183. The molecule has 0 aliphatic heterocycles. The first-order valence-electron chi connectivity index (χ1n) is 4.53. The second-order valence-electron chi connectivity index (χ2n) is 3.40. The zero-order valence-electron chi connectivity index (χ0n) is 8.76. The molecule has 2 rings (SSSR count). The molecule has 0 radical (unpaired) electrons. The second kappa shape index (κ2) is 3.79. The summed E-state index contributed by atoms with van der Waals surface area (Å²) >= 11 is 0. The number of rotatable bonds is 2. The lowest BCUT2D eigenvalue weighted by Crippen LogP contribution is -2.14. The Morgan fingerprint density at radius 2 is 2.12 bits per heavy atom. The van der Waals surface area contributed by atoms with Gasteiger partial charge in [0.2, 0.25) is 0 Å². The van der Waals surface area contributed by atoms with Gasteiger partial charge in [0.05, 0.1) is 5.56 Å². The van der Waals surface area contributed by atoms with Crippen molar-refractivity contribution in [2.45, 2.75) is 12.1 Å². The van der Waals surface area contributed by atoms with Gasteiger partial charge in [0.15, 0.2) is 11.3 Å². The van der Waals surface area contributed by atoms with Gasteiger partial charge in [-0.05, 0) is 6.92 Å². The van der Waals surface area contributed by atoms with E-state index in [0.717, 1.165) is 0 Å². The van der Waals surface area contributed by atoms with Crippen LogP contribution in [-0.4, -0.2) is 28.6 Å². The monoisotopic (exact) mass is 255 g/mol. The van der Waals surface area contributed by atoms with Gasteiger partial charge < -0.3 is 4.98 Å². The minimum atomic E-state index is -3.95. The molecular formula is C8H9N5O3S. The highest BCUT2D eigenvalue weighted by Crippen LogP contribution is 2.10. The number of sulfonamides is 1. The number of aryl methyl sites for hydroxylation is 1. The minimum Gasteiger partial charge on any atom is -0.364 e. The van der Waals surface area contributed by atoms with Crippen molar-refractivity contribution in [2.75, 3.05) is 0 Å². The quantitative estimate of drug-likeness (QED) is 0.640. The summed E-state index contributed by atoms with van der Waals surface area (Å²) in [6.07, 6.45) is 1.41. The standard InChI is InChI=1S/C8H9N5O3S/c1-4-2-6(14)5(3-10-4)7-11-8(13-12-7)17(9,15)16/h2-3H,1H3,(H,10,14)(H2,9,15,16)(H,11,12,13). The fourth-order valence-corrected chi connectivity index (χ4v) is 1.63. The summed E-state index contributed by atoms with van der Waals surface area (Å²) in [5.41, 5.74) is 0.545. The summed E-state index contributed by atoms with van der Waals surface area (Å²) in [6, 6.07) is 1.36. The average molecular weight is 255 g/mol. The van der Waals surface area contributed by atoms with Gasteiger partial charge in [-0.25, -0.2) is 18.7 Å². The number of aromatic nitrogens is 4. The van der Waals surface area contributed by atoms with Gasteiger partial charge in [-0.1, -0.05) is 0 Å². The number of nitrogens with zero attached hydrogens (tertiary/aromatic N) is 2. The van der Waals surface area contributed by atoms with E-state index >= 15 is 0 Å². The van der Waals surface area contributed by atoms with Crippen molar-refractivity contribution in [1.29, 1.82) is 0 Å². The lowest BCUT2D eigenvalue weighted by atomic mass is 10.2. The first-order valence-corrected chi connectivity index (χ1v) is 6.07. The van der Waals surface area contributed by atoms with Crippen LogP contribution >= 0.6 is 0 Å². The van der Waals surface area contributed by atoms with Crippen LogP contribution in [0.15, 0.2) is 22.2 Å². The van der Waals surface area contributed by atoms with Crippen molar-refractivity contribution in [3.63, 3.8) is 0 Å². The van der Waals surface area contributed by atoms with Gasteiger partial charge in [-0.2, -0.15) is 10.1 Å². The lowest BCUT2D eigenvalue weighted by molar-refractivity contribution is 0.589. The second-order valence-corrected chi connectivity index (χ2v) is 4.88. The molecule has 0 aliphatic rings. The maximum Gasteiger partial charge on any atom is 0.273 e. The molecule has 2 aromatic heterocycles. The molecule has 0 aromatic carbocycles. The molecule has 0 unspecified atom stereocenters. The Balaban J connectivity index is 2.55. The Bertz CT molecular complexity index is 715. The van der Waals surface area contributed by atoms with E-state index in [1.807, 2.05) is 0 Å². The van der Waals surface area contributed by atoms with Gasteiger partial charge in [0, 0.05) is 18.0 Å². The molecule has 0 atom stereocenters. The van der Waals surface area contributed by atoms with Crippen molar-refractivity contribution in [3.8, 4) is 11.4 Å². The Morgan fingerprint density at radius 1 is 1.41 bits per heavy atom. The zero-order chi connectivity index (χ0) is 12.6. The molecule has 0 aliphatic carbocycles. The molecule has 2 aromatic rings. The molecule has 4 N–H and O–H groups in total. The number of H-pyrrole nitrogens is 2. The normalized spacial score (nSPS) is 11.6. The topological polar surface area (TPSA) is 135 Å². The number of nitrogens with one attached hydrogen (secondary N) is 2. The largest absolute Gasteiger partial charge is 0.364 e. The number of hydrogen-bond acceptors (Lipinski definition) is 5. The summed E-state index contributed by atoms with van der Waals surface area (Å²) < 4.78 is 21.9. The zero-order valence-corrected chi connectivity index (χ0v) is 9.58. The Kier molecular flexibility index (Phi) is 2.56. The fraction of sp³-hybridized carbons (Fsp3) is 0.125. The van der Waals surface area contributed by atoms with Crippen LogP contribution in [0.4, 0.5) is 0 Å². The highest BCUT2D eigenvalue weighted by Gasteiger charge is 2.16. The molecule has 0 bridgehead atoms. The Morgan fingerprint density at radius 3 is 2.65 bits per heavy atom. The van der Waals surface area contributed by atoms with Crippen LogP contribution in [0.1, 0.15) is 5.69 Å². The molecule has 0 fully saturated rings. The number of primary sulfonamides is 1. The number of aromatic amines is 2. The molecule has 0 saturated carbocycles. The lowest BCUT2D eigenvalue weighted by Gasteiger charge is -1.95. The van der Waals surface area contributed by atoms with Gasteiger partial charge in [0.25, 0.3) is 15.2 Å². The molecule has 2 heterocycles. The fourth-order valence-electron chi connectivity index (χ4n) is 1.24. The van der Waals surface area contributed by atoms with Crippen molar-refractivity contribution in [3.05, 3.63) is 28.2 Å². The van der Waals surface area contributed by atoms with E-state index in [9.17, 15) is 13.2 Å².